The van der Waals surface area contributed by atoms with E-state index in [0.29, 0.717) is 25.3 Å². The lowest BCUT2D eigenvalue weighted by Crippen LogP contribution is -2.63. The van der Waals surface area contributed by atoms with Gasteiger partial charge in [0.2, 0.25) is 5.91 Å². The summed E-state index contributed by atoms with van der Waals surface area (Å²) in [5.74, 6) is 0.0827. The highest BCUT2D eigenvalue weighted by atomic mass is 16.3. The zero-order valence-corrected chi connectivity index (χ0v) is 12.3. The van der Waals surface area contributed by atoms with E-state index in [0.717, 1.165) is 6.54 Å². The van der Waals surface area contributed by atoms with Gasteiger partial charge >= 0.3 is 0 Å². The Morgan fingerprint density at radius 3 is 2.75 bits per heavy atom. The van der Waals surface area contributed by atoms with Crippen LogP contribution in [-0.2, 0) is 11.3 Å². The van der Waals surface area contributed by atoms with Gasteiger partial charge in [-0.2, -0.15) is 5.10 Å². The second-order valence-corrected chi connectivity index (χ2v) is 5.88. The lowest BCUT2D eigenvalue weighted by Gasteiger charge is -2.45. The zero-order valence-electron chi connectivity index (χ0n) is 12.3. The number of nitrogens with two attached hydrogens (primary N) is 1. The summed E-state index contributed by atoms with van der Waals surface area (Å²) in [5.41, 5.74) is 5.58. The minimum absolute atomic E-state index is 0.0827. The van der Waals surface area contributed by atoms with Crippen molar-refractivity contribution in [1.29, 1.82) is 0 Å². The molecule has 2 heterocycles. The summed E-state index contributed by atoms with van der Waals surface area (Å²) >= 11 is 0. The van der Waals surface area contributed by atoms with Crippen LogP contribution in [0.2, 0.25) is 0 Å². The Balaban J connectivity index is 1.96. The van der Waals surface area contributed by atoms with Crippen LogP contribution in [0, 0.1) is 0 Å². The van der Waals surface area contributed by atoms with E-state index in [1.807, 2.05) is 25.8 Å². The van der Waals surface area contributed by atoms with Crippen LogP contribution in [0.3, 0.4) is 0 Å². The third-order valence-corrected chi connectivity index (χ3v) is 3.85. The predicted octanol–water partition coefficient (Wildman–Crippen LogP) is -0.621. The highest BCUT2D eigenvalue weighted by Gasteiger charge is 2.40. The number of piperazine rings is 1. The van der Waals surface area contributed by atoms with E-state index >= 15 is 0 Å². The third kappa shape index (κ3) is 2.94. The second-order valence-electron chi connectivity index (χ2n) is 5.88. The van der Waals surface area contributed by atoms with E-state index in [4.69, 9.17) is 5.73 Å². The molecule has 3 N–H and O–H groups in total. The highest BCUT2D eigenvalue weighted by Crippen LogP contribution is 2.21. The molecular weight excluding hydrogens is 258 g/mol. The number of nitrogen functional groups attached to an aromatic ring is 1. The normalized spacial score (nSPS) is 21.2. The van der Waals surface area contributed by atoms with Gasteiger partial charge in [0.1, 0.15) is 0 Å². The van der Waals surface area contributed by atoms with Gasteiger partial charge in [0.25, 0.3) is 0 Å². The monoisotopic (exact) mass is 281 g/mol. The number of rotatable bonds is 4. The molecule has 1 aliphatic rings. The number of nitrogens with zero attached hydrogens (tertiary/aromatic N) is 4. The standard InChI is InChI=1S/C13H23N5O2/c1-13(2)12(20)16(3)4-5-17(13)8-11(19)9-18-7-10(14)6-15-18/h6-7,11,19H,4-5,8-9,14H2,1-3H3. The van der Waals surface area contributed by atoms with Crippen LogP contribution in [0.5, 0.6) is 0 Å². The van der Waals surface area contributed by atoms with Gasteiger partial charge in [-0.3, -0.25) is 14.4 Å². The molecule has 0 saturated carbocycles. The smallest absolute Gasteiger partial charge is 0.242 e. The van der Waals surface area contributed by atoms with Crippen LogP contribution in [0.25, 0.3) is 0 Å². The van der Waals surface area contributed by atoms with Crippen molar-refractivity contribution in [2.75, 3.05) is 32.4 Å². The number of anilines is 1. The summed E-state index contributed by atoms with van der Waals surface area (Å²) in [5, 5.41) is 14.2. The molecule has 7 nitrogen and oxygen atoms in total. The van der Waals surface area contributed by atoms with Crippen molar-refractivity contribution < 1.29 is 9.90 Å². The van der Waals surface area contributed by atoms with E-state index in [1.165, 1.54) is 0 Å². The van der Waals surface area contributed by atoms with Crippen LogP contribution >= 0.6 is 0 Å². The zero-order chi connectivity index (χ0) is 14.9. The number of aromatic nitrogens is 2. The average molecular weight is 281 g/mol. The molecule has 20 heavy (non-hydrogen) atoms. The Labute approximate surface area is 118 Å². The molecule has 1 fully saturated rings. The lowest BCUT2D eigenvalue weighted by molar-refractivity contribution is -0.148. The van der Waals surface area contributed by atoms with Gasteiger partial charge in [0.05, 0.1) is 30.1 Å². The van der Waals surface area contributed by atoms with Gasteiger partial charge in [0.15, 0.2) is 0 Å². The quantitative estimate of drug-likeness (QED) is 0.768. The molecule has 1 amide bonds. The van der Waals surface area contributed by atoms with E-state index in [2.05, 4.69) is 5.10 Å². The first kappa shape index (κ1) is 14.8. The molecule has 1 saturated heterocycles. The number of hydrogen-bond acceptors (Lipinski definition) is 5. The fraction of sp³-hybridized carbons (Fsp3) is 0.692. The van der Waals surface area contributed by atoms with Crippen LogP contribution in [0.1, 0.15) is 13.8 Å². The Hall–Kier alpha value is -1.60. The van der Waals surface area contributed by atoms with Crippen LogP contribution in [0.15, 0.2) is 12.4 Å². The van der Waals surface area contributed by atoms with Gasteiger partial charge in [-0.1, -0.05) is 0 Å². The fourth-order valence-electron chi connectivity index (χ4n) is 2.58. The first-order chi connectivity index (χ1) is 9.30. The van der Waals surface area contributed by atoms with Gasteiger partial charge in [-0.25, -0.2) is 0 Å². The molecule has 0 bridgehead atoms. The molecule has 0 aliphatic carbocycles. The lowest BCUT2D eigenvalue weighted by atomic mass is 9.97. The van der Waals surface area contributed by atoms with Gasteiger partial charge in [-0.15, -0.1) is 0 Å². The van der Waals surface area contributed by atoms with Crippen LogP contribution in [0.4, 0.5) is 5.69 Å². The summed E-state index contributed by atoms with van der Waals surface area (Å²) in [6, 6.07) is 0. The number of β-amino-alcohol motifs (C(OH)–C–C–N with tert-alkyl or cyclic N) is 1. The molecule has 0 radical (unpaired) electrons. The largest absolute Gasteiger partial charge is 0.396 e. The molecule has 2 rings (SSSR count). The number of amides is 1. The molecule has 1 aromatic heterocycles. The Kier molecular flexibility index (Phi) is 4.01. The number of likely N-dealkylation sites (N-methyl/N-ethyl adjacent to an activating group) is 1. The van der Waals surface area contributed by atoms with Gasteiger partial charge < -0.3 is 15.7 Å². The van der Waals surface area contributed by atoms with E-state index in [-0.39, 0.29) is 5.91 Å². The van der Waals surface area contributed by atoms with E-state index < -0.39 is 11.6 Å². The van der Waals surface area contributed by atoms with Crippen LogP contribution in [-0.4, -0.2) is 68.9 Å². The number of carbonyl (C=O) groups excluding carboxylic acids is 1. The number of carbonyl (C=O) groups is 1. The minimum atomic E-state index is -0.593. The molecule has 0 aromatic carbocycles. The number of aliphatic hydroxyl groups is 1. The molecule has 0 spiro atoms. The topological polar surface area (TPSA) is 87.6 Å². The van der Waals surface area contributed by atoms with Crippen molar-refractivity contribution >= 4 is 11.6 Å². The summed E-state index contributed by atoms with van der Waals surface area (Å²) in [6.07, 6.45) is 2.64. The van der Waals surface area contributed by atoms with E-state index in [1.54, 1.807) is 22.0 Å². The highest BCUT2D eigenvalue weighted by molar-refractivity contribution is 5.86. The maximum atomic E-state index is 12.2. The molecule has 112 valence electrons. The molecule has 1 aromatic rings. The SMILES string of the molecule is CN1CCN(CC(O)Cn2cc(N)cn2)C(C)(C)C1=O. The van der Waals surface area contributed by atoms with Crippen molar-refractivity contribution in [2.45, 2.75) is 32.0 Å². The molecule has 1 aliphatic heterocycles. The predicted molar refractivity (Wildman–Crippen MR) is 75.9 cm³/mol. The van der Waals surface area contributed by atoms with E-state index in [9.17, 15) is 9.90 Å². The first-order valence-corrected chi connectivity index (χ1v) is 6.77. The van der Waals surface area contributed by atoms with Crippen LogP contribution < -0.4 is 5.73 Å². The molecule has 7 heteroatoms. The molecular formula is C13H23N5O2. The Bertz CT molecular complexity index is 485. The Morgan fingerprint density at radius 1 is 1.45 bits per heavy atom. The minimum Gasteiger partial charge on any atom is -0.396 e. The molecule has 1 atom stereocenters. The van der Waals surface area contributed by atoms with Crippen molar-refractivity contribution in [3.63, 3.8) is 0 Å². The van der Waals surface area contributed by atoms with Crippen molar-refractivity contribution in [1.82, 2.24) is 19.6 Å². The van der Waals surface area contributed by atoms with Gasteiger partial charge in [0, 0.05) is 32.9 Å². The summed E-state index contributed by atoms with van der Waals surface area (Å²) in [7, 11) is 1.81. The van der Waals surface area contributed by atoms with Crippen molar-refractivity contribution in [3.8, 4) is 0 Å². The third-order valence-electron chi connectivity index (χ3n) is 3.85. The van der Waals surface area contributed by atoms with Crippen molar-refractivity contribution in [2.24, 2.45) is 0 Å². The molecule has 1 unspecified atom stereocenters. The first-order valence-electron chi connectivity index (χ1n) is 6.77. The van der Waals surface area contributed by atoms with Crippen molar-refractivity contribution in [3.05, 3.63) is 12.4 Å². The summed E-state index contributed by atoms with van der Waals surface area (Å²) < 4.78 is 1.62. The maximum Gasteiger partial charge on any atom is 0.242 e. The maximum absolute atomic E-state index is 12.2. The number of hydrogen-bond donors (Lipinski definition) is 2. The van der Waals surface area contributed by atoms with Gasteiger partial charge in [-0.05, 0) is 13.8 Å². The average Bonchev–Trinajstić information content (AvgIpc) is 2.76. The second kappa shape index (κ2) is 5.41. The Morgan fingerprint density at radius 2 is 2.15 bits per heavy atom. The number of aliphatic hydroxyl groups excluding tert-OH is 1. The summed E-state index contributed by atoms with van der Waals surface area (Å²) in [6.45, 7) is 6.03. The summed E-state index contributed by atoms with van der Waals surface area (Å²) in [4.78, 5) is 15.9. The fourth-order valence-corrected chi connectivity index (χ4v) is 2.58.